The molecular weight excluding hydrogens is 589 g/mol. The molecule has 0 saturated carbocycles. The van der Waals surface area contributed by atoms with Crippen molar-refractivity contribution in [3.05, 3.63) is 41.1 Å². The predicted octanol–water partition coefficient (Wildman–Crippen LogP) is -1.93. The van der Waals surface area contributed by atoms with Gasteiger partial charge in [0.05, 0.1) is 11.3 Å². The SMILES string of the molecule is O=C(O)CCCC(=O)OCC1=C(C(=O)O)N2C(=O)[C@@H](NC(=O)Cc3ccccc3S(=O)(=O)O)[C@H]2SC1.[NaH].[NaH].[NaH]. The molecule has 3 rings (SSSR count). The topological polar surface area (TPSA) is 205 Å². The van der Waals surface area contributed by atoms with Gasteiger partial charge in [0.2, 0.25) is 5.91 Å². The van der Waals surface area contributed by atoms with E-state index in [1.54, 1.807) is 0 Å². The van der Waals surface area contributed by atoms with Gasteiger partial charge in [-0.1, -0.05) is 18.2 Å². The van der Waals surface area contributed by atoms with Crippen LogP contribution in [0.5, 0.6) is 0 Å². The molecule has 2 heterocycles. The second kappa shape index (κ2) is 16.9. The number of aliphatic carboxylic acids is 2. The van der Waals surface area contributed by atoms with E-state index in [0.29, 0.717) is 0 Å². The molecule has 2 atom stereocenters. The first-order chi connectivity index (χ1) is 16.9. The van der Waals surface area contributed by atoms with Crippen molar-refractivity contribution in [1.29, 1.82) is 0 Å². The quantitative estimate of drug-likeness (QED) is 0.0931. The number of carbonyl (C=O) groups is 5. The van der Waals surface area contributed by atoms with Crippen LogP contribution < -0.4 is 5.32 Å². The number of thioether (sulfide) groups is 1. The van der Waals surface area contributed by atoms with Crippen LogP contribution in [0.3, 0.4) is 0 Å². The number of benzene rings is 1. The Labute approximate surface area is 294 Å². The summed E-state index contributed by atoms with van der Waals surface area (Å²) >= 11 is 1.15. The molecule has 2 amide bonds. The predicted molar refractivity (Wildman–Crippen MR) is 144 cm³/mol. The Hall–Kier alpha value is -0.430. The number of hydrogen-bond acceptors (Lipinski definition) is 9. The third-order valence-electron chi connectivity index (χ3n) is 5.35. The zero-order chi connectivity index (χ0) is 26.6. The summed E-state index contributed by atoms with van der Waals surface area (Å²) in [4.78, 5) is 60.0. The van der Waals surface area contributed by atoms with Crippen LogP contribution in [-0.2, 0) is 45.2 Å². The molecule has 1 saturated heterocycles. The van der Waals surface area contributed by atoms with E-state index < -0.39 is 62.6 Å². The van der Waals surface area contributed by atoms with Gasteiger partial charge in [-0.25, -0.2) is 4.79 Å². The third kappa shape index (κ3) is 10.1. The number of nitrogens with one attached hydrogen (secondary N) is 1. The summed E-state index contributed by atoms with van der Waals surface area (Å²) in [6, 6.07) is 4.27. The van der Waals surface area contributed by atoms with Crippen LogP contribution in [-0.4, -0.2) is 170 Å². The van der Waals surface area contributed by atoms with E-state index in [-0.39, 0.29) is 137 Å². The van der Waals surface area contributed by atoms with Gasteiger partial charge in [-0.3, -0.25) is 28.6 Å². The maximum atomic E-state index is 12.7. The molecular formula is C21H25N2Na3O11S2. The molecule has 1 fully saturated rings. The van der Waals surface area contributed by atoms with Crippen molar-refractivity contribution in [3.63, 3.8) is 0 Å². The fourth-order valence-corrected chi connectivity index (χ4v) is 5.77. The number of carboxylic acid groups (broad SMARTS) is 2. The maximum absolute atomic E-state index is 12.7. The van der Waals surface area contributed by atoms with Crippen molar-refractivity contribution in [2.24, 2.45) is 0 Å². The number of esters is 1. The molecule has 1 aromatic carbocycles. The van der Waals surface area contributed by atoms with Crippen molar-refractivity contribution < 1.29 is 51.9 Å². The van der Waals surface area contributed by atoms with Crippen LogP contribution in [0.2, 0.25) is 0 Å². The van der Waals surface area contributed by atoms with E-state index in [1.807, 2.05) is 0 Å². The zero-order valence-corrected chi connectivity index (χ0v) is 20.2. The molecule has 0 aliphatic carbocycles. The minimum atomic E-state index is -4.57. The molecule has 0 radical (unpaired) electrons. The number of amides is 2. The van der Waals surface area contributed by atoms with Gasteiger partial charge in [0.25, 0.3) is 16.0 Å². The van der Waals surface area contributed by atoms with Gasteiger partial charge in [-0.05, 0) is 18.1 Å². The average Bonchev–Trinajstić information content (AvgIpc) is 2.79. The Morgan fingerprint density at radius 3 is 2.31 bits per heavy atom. The molecule has 39 heavy (non-hydrogen) atoms. The van der Waals surface area contributed by atoms with Gasteiger partial charge in [-0.2, -0.15) is 8.42 Å². The van der Waals surface area contributed by atoms with Crippen molar-refractivity contribution in [1.82, 2.24) is 10.2 Å². The van der Waals surface area contributed by atoms with Gasteiger partial charge in [0.1, 0.15) is 23.7 Å². The molecule has 200 valence electrons. The first-order valence-corrected chi connectivity index (χ1v) is 13.0. The van der Waals surface area contributed by atoms with E-state index in [9.17, 15) is 42.0 Å². The molecule has 2 aliphatic rings. The Morgan fingerprint density at radius 1 is 1.08 bits per heavy atom. The van der Waals surface area contributed by atoms with Crippen LogP contribution >= 0.6 is 11.8 Å². The third-order valence-corrected chi connectivity index (χ3v) is 7.64. The van der Waals surface area contributed by atoms with E-state index in [2.05, 4.69) is 5.32 Å². The minimum absolute atomic E-state index is 0. The molecule has 18 heteroatoms. The summed E-state index contributed by atoms with van der Waals surface area (Å²) in [5, 5.41) is 20.0. The normalized spacial score (nSPS) is 17.8. The molecule has 0 bridgehead atoms. The molecule has 1 aromatic rings. The van der Waals surface area contributed by atoms with Gasteiger partial charge in [0, 0.05) is 24.2 Å². The second-order valence-electron chi connectivity index (χ2n) is 7.88. The molecule has 2 aliphatic heterocycles. The molecule has 4 N–H and O–H groups in total. The van der Waals surface area contributed by atoms with Gasteiger partial charge in [0.15, 0.2) is 0 Å². The molecule has 0 spiro atoms. The zero-order valence-electron chi connectivity index (χ0n) is 18.6. The monoisotopic (exact) mass is 614 g/mol. The van der Waals surface area contributed by atoms with Gasteiger partial charge in [-0.15, -0.1) is 11.8 Å². The summed E-state index contributed by atoms with van der Waals surface area (Å²) in [5.41, 5.74) is -0.157. The number of hydrogen-bond donors (Lipinski definition) is 4. The summed E-state index contributed by atoms with van der Waals surface area (Å²) < 4.78 is 37.4. The Kier molecular flexibility index (Phi) is 16.7. The van der Waals surface area contributed by atoms with E-state index in [1.165, 1.54) is 18.2 Å². The Morgan fingerprint density at radius 2 is 1.72 bits per heavy atom. The number of nitrogens with zero attached hydrogens (tertiary/aromatic N) is 1. The number of carbonyl (C=O) groups excluding carboxylic acids is 3. The van der Waals surface area contributed by atoms with Crippen molar-refractivity contribution in [2.45, 2.75) is 42.0 Å². The van der Waals surface area contributed by atoms with Crippen LogP contribution in [0, 0.1) is 0 Å². The van der Waals surface area contributed by atoms with Crippen molar-refractivity contribution in [2.75, 3.05) is 12.4 Å². The fraction of sp³-hybridized carbons (Fsp3) is 0.381. The van der Waals surface area contributed by atoms with Crippen LogP contribution in [0.25, 0.3) is 0 Å². The summed E-state index contributed by atoms with van der Waals surface area (Å²) in [7, 11) is -4.57. The standard InChI is InChI=1S/C21H22N2O11S2.3Na.3H/c24-14(8-11-4-1-2-5-13(11)36(31,32)33)22-17-19(28)23-18(21(29)30)12(10-35-20(17)23)9-34-16(27)7-3-6-15(25)26;;;;;;/h1-2,4-5,17,20H,3,6-10H2,(H,22,24)(H,25,26)(H,29,30)(H,31,32,33);;;;;;/t17-,20-;;;;;;/m1....../s1. The second-order valence-corrected chi connectivity index (χ2v) is 10.4. The first-order valence-electron chi connectivity index (χ1n) is 10.5. The van der Waals surface area contributed by atoms with E-state index in [0.717, 1.165) is 22.7 Å². The molecule has 0 unspecified atom stereocenters. The van der Waals surface area contributed by atoms with E-state index in [4.69, 9.17) is 9.84 Å². The fourth-order valence-electron chi connectivity index (χ4n) is 3.72. The number of β-lactam (4-membered cyclic amide) rings is 1. The van der Waals surface area contributed by atoms with Crippen LogP contribution in [0.4, 0.5) is 0 Å². The first kappa shape index (κ1) is 38.6. The average molecular weight is 615 g/mol. The molecule has 0 aromatic heterocycles. The van der Waals surface area contributed by atoms with Crippen molar-refractivity contribution in [3.8, 4) is 0 Å². The number of rotatable bonds is 11. The van der Waals surface area contributed by atoms with Crippen molar-refractivity contribution >= 4 is 140 Å². The van der Waals surface area contributed by atoms with Gasteiger partial charge < -0.3 is 20.3 Å². The molecule has 13 nitrogen and oxygen atoms in total. The Balaban J connectivity index is 0.00000481. The summed E-state index contributed by atoms with van der Waals surface area (Å²) in [6.45, 7) is -0.388. The Bertz CT molecular complexity index is 1260. The van der Waals surface area contributed by atoms with Gasteiger partial charge >= 0.3 is 107 Å². The number of carboxylic acids is 2. The summed E-state index contributed by atoms with van der Waals surface area (Å²) in [6.07, 6.45) is -0.750. The van der Waals surface area contributed by atoms with Crippen LogP contribution in [0.1, 0.15) is 24.8 Å². The number of fused-ring (bicyclic) bond motifs is 1. The number of ether oxygens (including phenoxy) is 1. The van der Waals surface area contributed by atoms with E-state index >= 15 is 0 Å². The summed E-state index contributed by atoms with van der Waals surface area (Å²) in [5.74, 6) is -4.49. The van der Waals surface area contributed by atoms with Crippen LogP contribution in [0.15, 0.2) is 40.4 Å².